The molecule has 0 bridgehead atoms. The summed E-state index contributed by atoms with van der Waals surface area (Å²) in [6, 6.07) is 1.33. The second-order valence-corrected chi connectivity index (χ2v) is 3.32. The molecule has 0 spiro atoms. The summed E-state index contributed by atoms with van der Waals surface area (Å²) in [6.07, 6.45) is 0.425. The van der Waals surface area contributed by atoms with Gasteiger partial charge < -0.3 is 20.8 Å². The second-order valence-electron chi connectivity index (χ2n) is 3.32. The quantitative estimate of drug-likeness (QED) is 0.615. The van der Waals surface area contributed by atoms with E-state index >= 15 is 0 Å². The smallest absolute Gasteiger partial charge is 0.404 e. The van der Waals surface area contributed by atoms with E-state index in [1.165, 1.54) is 12.3 Å². The molecule has 0 atom stereocenters. The Labute approximate surface area is 97.0 Å². The summed E-state index contributed by atoms with van der Waals surface area (Å²) < 4.78 is 4.42. The highest BCUT2D eigenvalue weighted by Crippen LogP contribution is 1.91. The van der Waals surface area contributed by atoms with E-state index in [1.807, 2.05) is 0 Å². The predicted molar refractivity (Wildman–Crippen MR) is 59.7 cm³/mol. The summed E-state index contributed by atoms with van der Waals surface area (Å²) in [5.74, 6) is -0.528. The number of carbonyl (C=O) groups excluding carboxylic acids is 2. The lowest BCUT2D eigenvalue weighted by Crippen LogP contribution is -2.32. The summed E-state index contributed by atoms with van der Waals surface area (Å²) in [5.41, 5.74) is 5.05. The standard InChI is InChI=1S/C10H13N3O4/c1-6-4-8(14)7(5-13-6)9(15)12-2-3-17-10(11)16/h4-5H,2-3H2,1H3,(H2,11,16)(H,12,15)(H,13,14). The van der Waals surface area contributed by atoms with E-state index in [0.717, 1.165) is 0 Å². The van der Waals surface area contributed by atoms with Gasteiger partial charge in [-0.15, -0.1) is 0 Å². The highest BCUT2D eigenvalue weighted by Gasteiger charge is 2.09. The first kappa shape index (κ1) is 12.8. The number of hydrogen-bond donors (Lipinski definition) is 3. The van der Waals surface area contributed by atoms with Crippen LogP contribution in [-0.2, 0) is 4.74 Å². The van der Waals surface area contributed by atoms with Crippen molar-refractivity contribution in [3.05, 3.63) is 33.7 Å². The lowest BCUT2D eigenvalue weighted by molar-refractivity contribution is 0.0935. The number of ether oxygens (including phenoxy) is 1. The molecule has 1 rings (SSSR count). The fourth-order valence-electron chi connectivity index (χ4n) is 1.16. The number of hydrogen-bond acceptors (Lipinski definition) is 4. The van der Waals surface area contributed by atoms with Crippen LogP contribution >= 0.6 is 0 Å². The van der Waals surface area contributed by atoms with Crippen LogP contribution in [0.1, 0.15) is 16.1 Å². The van der Waals surface area contributed by atoms with E-state index in [2.05, 4.69) is 15.0 Å². The lowest BCUT2D eigenvalue weighted by Gasteiger charge is -2.04. The van der Waals surface area contributed by atoms with Gasteiger partial charge in [0.15, 0.2) is 5.43 Å². The zero-order valence-electron chi connectivity index (χ0n) is 9.28. The van der Waals surface area contributed by atoms with Crippen molar-refractivity contribution in [3.8, 4) is 0 Å². The molecule has 0 saturated carbocycles. The van der Waals surface area contributed by atoms with Crippen molar-refractivity contribution < 1.29 is 14.3 Å². The molecule has 1 heterocycles. The largest absolute Gasteiger partial charge is 0.448 e. The van der Waals surface area contributed by atoms with Crippen LogP contribution in [-0.4, -0.2) is 30.1 Å². The molecule has 0 aliphatic carbocycles. The Bertz CT molecular complexity index is 481. The Balaban J connectivity index is 2.53. The number of nitrogens with two attached hydrogens (primary N) is 1. The molecular formula is C10H13N3O4. The summed E-state index contributed by atoms with van der Waals surface area (Å²) in [5, 5.41) is 2.42. The number of H-pyrrole nitrogens is 1. The molecule has 0 saturated heterocycles. The average molecular weight is 239 g/mol. The topological polar surface area (TPSA) is 114 Å². The highest BCUT2D eigenvalue weighted by atomic mass is 16.5. The minimum absolute atomic E-state index is 0.00896. The fourth-order valence-corrected chi connectivity index (χ4v) is 1.16. The molecule has 0 aromatic carbocycles. The molecule has 92 valence electrons. The van der Waals surface area contributed by atoms with Crippen molar-refractivity contribution in [2.75, 3.05) is 13.2 Å². The minimum Gasteiger partial charge on any atom is -0.448 e. The number of carbonyl (C=O) groups is 2. The maximum Gasteiger partial charge on any atom is 0.404 e. The van der Waals surface area contributed by atoms with Gasteiger partial charge in [0.1, 0.15) is 12.2 Å². The maximum atomic E-state index is 11.5. The molecular weight excluding hydrogens is 226 g/mol. The van der Waals surface area contributed by atoms with Crippen LogP contribution in [0.2, 0.25) is 0 Å². The number of aromatic amines is 1. The first-order valence-corrected chi connectivity index (χ1v) is 4.90. The number of aromatic nitrogens is 1. The Morgan fingerprint density at radius 1 is 1.53 bits per heavy atom. The summed E-state index contributed by atoms with van der Waals surface area (Å²) in [6.45, 7) is 1.77. The van der Waals surface area contributed by atoms with Crippen molar-refractivity contribution in [1.29, 1.82) is 0 Å². The SMILES string of the molecule is Cc1cc(=O)c(C(=O)NCCOC(N)=O)c[nH]1. The molecule has 1 aromatic heterocycles. The highest BCUT2D eigenvalue weighted by molar-refractivity contribution is 5.93. The summed E-state index contributed by atoms with van der Waals surface area (Å²) >= 11 is 0. The Hall–Kier alpha value is -2.31. The molecule has 0 fully saturated rings. The lowest BCUT2D eigenvalue weighted by atomic mass is 10.2. The first-order chi connectivity index (χ1) is 8.00. The van der Waals surface area contributed by atoms with Gasteiger partial charge in [0.25, 0.3) is 5.91 Å². The molecule has 2 amide bonds. The average Bonchev–Trinajstić information content (AvgIpc) is 2.23. The van der Waals surface area contributed by atoms with Gasteiger partial charge in [-0.3, -0.25) is 9.59 Å². The molecule has 0 aliphatic heterocycles. The third-order valence-electron chi connectivity index (χ3n) is 1.93. The Kier molecular flexibility index (Phi) is 4.27. The minimum atomic E-state index is -0.910. The van der Waals surface area contributed by atoms with Crippen LogP contribution in [0.5, 0.6) is 0 Å². The third kappa shape index (κ3) is 3.98. The van der Waals surface area contributed by atoms with Gasteiger partial charge in [0.2, 0.25) is 0 Å². The van der Waals surface area contributed by atoms with Crippen molar-refractivity contribution in [2.24, 2.45) is 5.73 Å². The van der Waals surface area contributed by atoms with Crippen LogP contribution in [0.4, 0.5) is 4.79 Å². The molecule has 17 heavy (non-hydrogen) atoms. The maximum absolute atomic E-state index is 11.5. The van der Waals surface area contributed by atoms with Gasteiger partial charge in [-0.2, -0.15) is 0 Å². The van der Waals surface area contributed by atoms with Crippen LogP contribution < -0.4 is 16.5 Å². The van der Waals surface area contributed by atoms with Crippen molar-refractivity contribution in [1.82, 2.24) is 10.3 Å². The number of nitrogens with one attached hydrogen (secondary N) is 2. The molecule has 1 aromatic rings. The third-order valence-corrected chi connectivity index (χ3v) is 1.93. The number of rotatable bonds is 4. The number of aryl methyl sites for hydroxylation is 1. The zero-order chi connectivity index (χ0) is 12.8. The van der Waals surface area contributed by atoms with Crippen LogP contribution in [0, 0.1) is 6.92 Å². The molecule has 0 unspecified atom stereocenters. The molecule has 4 N–H and O–H groups in total. The van der Waals surface area contributed by atoms with Crippen molar-refractivity contribution in [3.63, 3.8) is 0 Å². The van der Waals surface area contributed by atoms with E-state index in [9.17, 15) is 14.4 Å². The number of pyridine rings is 1. The van der Waals surface area contributed by atoms with Gasteiger partial charge in [0, 0.05) is 18.0 Å². The Morgan fingerprint density at radius 2 is 2.24 bits per heavy atom. The molecule has 0 radical (unpaired) electrons. The predicted octanol–water partition coefficient (Wildman–Crippen LogP) is -0.492. The fraction of sp³-hybridized carbons (Fsp3) is 0.300. The van der Waals surface area contributed by atoms with Gasteiger partial charge in [-0.1, -0.05) is 0 Å². The van der Waals surface area contributed by atoms with Gasteiger partial charge in [-0.05, 0) is 6.92 Å². The molecule has 0 aliphatic rings. The molecule has 7 nitrogen and oxygen atoms in total. The monoisotopic (exact) mass is 239 g/mol. The first-order valence-electron chi connectivity index (χ1n) is 4.90. The van der Waals surface area contributed by atoms with E-state index in [0.29, 0.717) is 5.69 Å². The van der Waals surface area contributed by atoms with Crippen LogP contribution in [0.25, 0.3) is 0 Å². The van der Waals surface area contributed by atoms with E-state index < -0.39 is 12.0 Å². The zero-order valence-corrected chi connectivity index (χ0v) is 9.28. The van der Waals surface area contributed by atoms with Gasteiger partial charge in [-0.25, -0.2) is 4.79 Å². The van der Waals surface area contributed by atoms with Crippen LogP contribution in [0.15, 0.2) is 17.1 Å². The van der Waals surface area contributed by atoms with E-state index in [1.54, 1.807) is 6.92 Å². The van der Waals surface area contributed by atoms with Crippen molar-refractivity contribution >= 4 is 12.0 Å². The van der Waals surface area contributed by atoms with Crippen LogP contribution in [0.3, 0.4) is 0 Å². The summed E-state index contributed by atoms with van der Waals surface area (Å²) in [4.78, 5) is 36.0. The molecule has 7 heteroatoms. The van der Waals surface area contributed by atoms with Gasteiger partial charge >= 0.3 is 6.09 Å². The van der Waals surface area contributed by atoms with Gasteiger partial charge in [0.05, 0.1) is 6.54 Å². The summed E-state index contributed by atoms with van der Waals surface area (Å²) in [7, 11) is 0. The Morgan fingerprint density at radius 3 is 2.82 bits per heavy atom. The number of primary amides is 1. The normalized spacial score (nSPS) is 9.71. The van der Waals surface area contributed by atoms with Crippen molar-refractivity contribution in [2.45, 2.75) is 6.92 Å². The van der Waals surface area contributed by atoms with E-state index in [4.69, 9.17) is 5.73 Å². The second kappa shape index (κ2) is 5.69. The van der Waals surface area contributed by atoms with E-state index in [-0.39, 0.29) is 24.1 Å². The number of amides is 2.